The zero-order chi connectivity index (χ0) is 14.8. The number of nitrogens with zero attached hydrogens (tertiary/aromatic N) is 1. The number of pyridine rings is 1. The highest BCUT2D eigenvalue weighted by molar-refractivity contribution is 7.90. The molecule has 20 heavy (non-hydrogen) atoms. The molecular weight excluding hydrogens is 276 g/mol. The van der Waals surface area contributed by atoms with Gasteiger partial charge in [0.05, 0.1) is 4.90 Å². The Morgan fingerprint density at radius 3 is 2.60 bits per heavy atom. The molecular formula is C14H16N2O3S. The summed E-state index contributed by atoms with van der Waals surface area (Å²) in [6, 6.07) is 9.87. The Bertz CT molecular complexity index is 727. The molecule has 0 spiro atoms. The number of hydrogen-bond donors (Lipinski definition) is 1. The normalized spacial score (nSPS) is 11.3. The first kappa shape index (κ1) is 14.5. The van der Waals surface area contributed by atoms with Gasteiger partial charge in [0.15, 0.2) is 9.84 Å². The number of sulfone groups is 1. The number of ether oxygens (including phenoxy) is 1. The molecule has 2 aromatic rings. The molecule has 2 N–H and O–H groups in total. The van der Waals surface area contributed by atoms with Crippen LogP contribution in [0.3, 0.4) is 0 Å². The van der Waals surface area contributed by atoms with Crippen LogP contribution in [0.15, 0.2) is 41.3 Å². The quantitative estimate of drug-likeness (QED) is 0.932. The summed E-state index contributed by atoms with van der Waals surface area (Å²) >= 11 is 0. The smallest absolute Gasteiger partial charge is 0.219 e. The number of benzene rings is 1. The van der Waals surface area contributed by atoms with Crippen molar-refractivity contribution in [1.29, 1.82) is 0 Å². The minimum atomic E-state index is -3.25. The van der Waals surface area contributed by atoms with Gasteiger partial charge in [-0.25, -0.2) is 13.4 Å². The van der Waals surface area contributed by atoms with E-state index in [9.17, 15) is 8.42 Å². The van der Waals surface area contributed by atoms with Gasteiger partial charge in [0.1, 0.15) is 5.75 Å². The van der Waals surface area contributed by atoms with Crippen molar-refractivity contribution in [2.45, 2.75) is 18.4 Å². The second-order valence-electron chi connectivity index (χ2n) is 4.45. The lowest BCUT2D eigenvalue weighted by molar-refractivity contribution is 0.459. The maximum Gasteiger partial charge on any atom is 0.219 e. The third-order valence-corrected chi connectivity index (χ3v) is 3.96. The summed E-state index contributed by atoms with van der Waals surface area (Å²) in [5, 5.41) is 0. The lowest BCUT2D eigenvalue weighted by Crippen LogP contribution is -2.02. The van der Waals surface area contributed by atoms with Crippen molar-refractivity contribution in [2.24, 2.45) is 5.73 Å². The van der Waals surface area contributed by atoms with Gasteiger partial charge in [-0.2, -0.15) is 0 Å². The number of aromatic nitrogens is 1. The Labute approximate surface area is 118 Å². The average Bonchev–Trinajstić information content (AvgIpc) is 2.38. The van der Waals surface area contributed by atoms with E-state index in [0.717, 1.165) is 17.5 Å². The van der Waals surface area contributed by atoms with Crippen LogP contribution in [0.1, 0.15) is 11.3 Å². The molecule has 0 amide bonds. The first-order valence-corrected chi connectivity index (χ1v) is 7.94. The fourth-order valence-electron chi connectivity index (χ4n) is 1.73. The molecule has 0 aliphatic rings. The second kappa shape index (κ2) is 5.60. The van der Waals surface area contributed by atoms with Gasteiger partial charge >= 0.3 is 0 Å². The summed E-state index contributed by atoms with van der Waals surface area (Å²) in [7, 11) is -3.25. The van der Waals surface area contributed by atoms with E-state index >= 15 is 0 Å². The van der Waals surface area contributed by atoms with Crippen LogP contribution in [0.2, 0.25) is 0 Å². The number of rotatable bonds is 4. The van der Waals surface area contributed by atoms with Crippen molar-refractivity contribution in [3.05, 3.63) is 47.7 Å². The highest BCUT2D eigenvalue weighted by Crippen LogP contribution is 2.23. The van der Waals surface area contributed by atoms with Crippen LogP contribution in [0.5, 0.6) is 11.6 Å². The van der Waals surface area contributed by atoms with E-state index in [1.165, 1.54) is 12.1 Å². The van der Waals surface area contributed by atoms with Crippen LogP contribution >= 0.6 is 0 Å². The molecule has 0 aliphatic heterocycles. The Hall–Kier alpha value is -1.92. The monoisotopic (exact) mass is 292 g/mol. The summed E-state index contributed by atoms with van der Waals surface area (Å²) in [6.45, 7) is 2.27. The molecule has 0 unspecified atom stereocenters. The summed E-state index contributed by atoms with van der Waals surface area (Å²) < 4.78 is 28.6. The summed E-state index contributed by atoms with van der Waals surface area (Å²) in [4.78, 5) is 4.49. The SMILES string of the molecule is Cc1nc(Oc2cccc(S(C)(=O)=O)c2)ccc1CN. The predicted molar refractivity (Wildman–Crippen MR) is 76.5 cm³/mol. The highest BCUT2D eigenvalue weighted by Gasteiger charge is 2.09. The van der Waals surface area contributed by atoms with Gasteiger partial charge in [-0.05, 0) is 30.7 Å². The maximum absolute atomic E-state index is 11.5. The molecule has 0 aliphatic carbocycles. The summed E-state index contributed by atoms with van der Waals surface area (Å²) in [6.07, 6.45) is 1.16. The fourth-order valence-corrected chi connectivity index (χ4v) is 2.38. The average molecular weight is 292 g/mol. The second-order valence-corrected chi connectivity index (χ2v) is 6.46. The molecule has 0 saturated heterocycles. The molecule has 5 nitrogen and oxygen atoms in total. The first-order valence-electron chi connectivity index (χ1n) is 6.05. The predicted octanol–water partition coefficient (Wildman–Crippen LogP) is 2.04. The van der Waals surface area contributed by atoms with Crippen LogP contribution in [-0.4, -0.2) is 19.7 Å². The number of hydrogen-bond acceptors (Lipinski definition) is 5. The van der Waals surface area contributed by atoms with E-state index in [-0.39, 0.29) is 4.90 Å². The van der Waals surface area contributed by atoms with E-state index in [1.807, 2.05) is 13.0 Å². The minimum Gasteiger partial charge on any atom is -0.439 e. The Balaban J connectivity index is 2.29. The standard InChI is InChI=1S/C14H16N2O3S/c1-10-11(9-15)6-7-14(16-10)19-12-4-3-5-13(8-12)20(2,17)18/h3-8H,9,15H2,1-2H3. The van der Waals surface area contributed by atoms with Gasteiger partial charge in [-0.15, -0.1) is 0 Å². The first-order chi connectivity index (χ1) is 9.40. The van der Waals surface area contributed by atoms with Crippen molar-refractivity contribution in [1.82, 2.24) is 4.98 Å². The van der Waals surface area contributed by atoms with Crippen LogP contribution in [0.25, 0.3) is 0 Å². The van der Waals surface area contributed by atoms with E-state index in [4.69, 9.17) is 10.5 Å². The van der Waals surface area contributed by atoms with Crippen molar-refractivity contribution in [3.63, 3.8) is 0 Å². The maximum atomic E-state index is 11.5. The van der Waals surface area contributed by atoms with E-state index < -0.39 is 9.84 Å². The third kappa shape index (κ3) is 3.34. The van der Waals surface area contributed by atoms with Crippen molar-refractivity contribution in [3.8, 4) is 11.6 Å². The van der Waals surface area contributed by atoms with Gasteiger partial charge in [-0.3, -0.25) is 0 Å². The largest absolute Gasteiger partial charge is 0.439 e. The summed E-state index contributed by atoms with van der Waals surface area (Å²) in [5.41, 5.74) is 7.32. The van der Waals surface area contributed by atoms with Crippen molar-refractivity contribution < 1.29 is 13.2 Å². The molecule has 0 fully saturated rings. The summed E-state index contributed by atoms with van der Waals surface area (Å²) in [5.74, 6) is 0.839. The molecule has 1 heterocycles. The van der Waals surface area contributed by atoms with Crippen molar-refractivity contribution >= 4 is 9.84 Å². The number of nitrogens with two attached hydrogens (primary N) is 1. The van der Waals surface area contributed by atoms with Crippen LogP contribution < -0.4 is 10.5 Å². The molecule has 6 heteroatoms. The van der Waals surface area contributed by atoms with Crippen LogP contribution in [0.4, 0.5) is 0 Å². The Kier molecular flexibility index (Phi) is 4.06. The topological polar surface area (TPSA) is 82.3 Å². The highest BCUT2D eigenvalue weighted by atomic mass is 32.2. The fraction of sp³-hybridized carbons (Fsp3) is 0.214. The van der Waals surface area contributed by atoms with Crippen LogP contribution in [-0.2, 0) is 16.4 Å². The molecule has 1 aromatic carbocycles. The zero-order valence-electron chi connectivity index (χ0n) is 11.3. The van der Waals surface area contributed by atoms with Crippen molar-refractivity contribution in [2.75, 3.05) is 6.26 Å². The molecule has 2 rings (SSSR count). The van der Waals surface area contributed by atoms with Gasteiger partial charge in [0, 0.05) is 24.6 Å². The Morgan fingerprint density at radius 2 is 2.00 bits per heavy atom. The molecule has 0 radical (unpaired) electrons. The van der Waals surface area contributed by atoms with E-state index in [2.05, 4.69) is 4.98 Å². The lowest BCUT2D eigenvalue weighted by Gasteiger charge is -2.08. The number of aryl methyl sites for hydroxylation is 1. The third-order valence-electron chi connectivity index (χ3n) is 2.85. The van der Waals surface area contributed by atoms with Gasteiger partial charge in [-0.1, -0.05) is 12.1 Å². The molecule has 0 bridgehead atoms. The Morgan fingerprint density at radius 1 is 1.25 bits per heavy atom. The lowest BCUT2D eigenvalue weighted by atomic mass is 10.2. The minimum absolute atomic E-state index is 0.213. The van der Waals surface area contributed by atoms with Gasteiger partial charge in [0.25, 0.3) is 0 Å². The van der Waals surface area contributed by atoms with Gasteiger partial charge in [0.2, 0.25) is 5.88 Å². The van der Waals surface area contributed by atoms with Crippen LogP contribution in [0, 0.1) is 6.92 Å². The van der Waals surface area contributed by atoms with E-state index in [1.54, 1.807) is 18.2 Å². The molecule has 1 aromatic heterocycles. The van der Waals surface area contributed by atoms with E-state index in [0.29, 0.717) is 18.2 Å². The molecule has 0 saturated carbocycles. The molecule has 0 atom stereocenters. The van der Waals surface area contributed by atoms with Gasteiger partial charge < -0.3 is 10.5 Å². The zero-order valence-corrected chi connectivity index (χ0v) is 12.1. The molecule has 106 valence electrons.